The Morgan fingerprint density at radius 2 is 1.96 bits per heavy atom. The molecule has 2 aromatic rings. The summed E-state index contributed by atoms with van der Waals surface area (Å²) in [6, 6.07) is 8.73. The fourth-order valence-electron chi connectivity index (χ4n) is 4.12. The first-order valence-corrected chi connectivity index (χ1v) is 9.84. The third-order valence-electron chi connectivity index (χ3n) is 5.71. The van der Waals surface area contributed by atoms with Gasteiger partial charge in [-0.05, 0) is 49.9 Å². The molecule has 4 rings (SSSR count). The molecule has 7 heteroatoms. The first-order chi connectivity index (χ1) is 12.8. The van der Waals surface area contributed by atoms with Gasteiger partial charge in [-0.1, -0.05) is 24.3 Å². The normalized spacial score (nSPS) is 19.1. The highest BCUT2D eigenvalue weighted by atomic mass is 35.5. The van der Waals surface area contributed by atoms with Crippen LogP contribution in [0.25, 0.3) is 0 Å². The number of benzene rings is 1. The van der Waals surface area contributed by atoms with Crippen LogP contribution in [0.4, 0.5) is 5.82 Å². The van der Waals surface area contributed by atoms with Crippen molar-refractivity contribution < 1.29 is 0 Å². The van der Waals surface area contributed by atoms with Gasteiger partial charge in [0.1, 0.15) is 12.1 Å². The third kappa shape index (κ3) is 5.57. The standard InChI is InChI=1S/C21H29N5.2ClH/c1-16-4-2-3-5-18(16)14-26-11-8-17(13-26)12-23-21-19-6-9-22-10-7-20(19)24-15-25-21;;/h2-5,15,17,22H,6-14H2,1H3,(H,23,24,25);2*1H. The molecule has 2 aliphatic heterocycles. The Kier molecular flexibility index (Phi) is 8.96. The predicted octanol–water partition coefficient (Wildman–Crippen LogP) is 3.25. The van der Waals surface area contributed by atoms with Crippen LogP contribution in [0, 0.1) is 12.8 Å². The molecule has 0 saturated carbocycles. The fraction of sp³-hybridized carbons (Fsp3) is 0.524. The lowest BCUT2D eigenvalue weighted by molar-refractivity contribution is 0.318. The minimum absolute atomic E-state index is 0. The molecule has 1 saturated heterocycles. The lowest BCUT2D eigenvalue weighted by Gasteiger charge is -2.18. The number of fused-ring (bicyclic) bond motifs is 1. The summed E-state index contributed by atoms with van der Waals surface area (Å²) in [5.74, 6) is 1.74. The van der Waals surface area contributed by atoms with Crippen LogP contribution in [0.1, 0.15) is 28.8 Å². The number of nitrogens with one attached hydrogen (secondary N) is 2. The molecule has 1 fully saturated rings. The fourth-order valence-corrected chi connectivity index (χ4v) is 4.12. The van der Waals surface area contributed by atoms with Crippen molar-refractivity contribution in [1.82, 2.24) is 20.2 Å². The lowest BCUT2D eigenvalue weighted by atomic mass is 10.1. The van der Waals surface area contributed by atoms with Crippen molar-refractivity contribution in [1.29, 1.82) is 0 Å². The zero-order valence-electron chi connectivity index (χ0n) is 16.5. The summed E-state index contributed by atoms with van der Waals surface area (Å²) >= 11 is 0. The smallest absolute Gasteiger partial charge is 0.132 e. The number of rotatable bonds is 5. The van der Waals surface area contributed by atoms with Crippen molar-refractivity contribution in [2.24, 2.45) is 5.92 Å². The maximum absolute atomic E-state index is 4.53. The van der Waals surface area contributed by atoms with E-state index in [1.807, 2.05) is 0 Å². The van der Waals surface area contributed by atoms with Gasteiger partial charge in [0.2, 0.25) is 0 Å². The Balaban J connectivity index is 0.00000140. The Hall–Kier alpha value is -1.40. The van der Waals surface area contributed by atoms with Gasteiger partial charge in [-0.15, -0.1) is 24.8 Å². The molecule has 154 valence electrons. The van der Waals surface area contributed by atoms with Crippen LogP contribution in [0.2, 0.25) is 0 Å². The van der Waals surface area contributed by atoms with E-state index >= 15 is 0 Å². The summed E-state index contributed by atoms with van der Waals surface area (Å²) in [4.78, 5) is 11.6. The average Bonchev–Trinajstić information content (AvgIpc) is 2.95. The van der Waals surface area contributed by atoms with E-state index in [4.69, 9.17) is 0 Å². The van der Waals surface area contributed by atoms with Gasteiger partial charge >= 0.3 is 0 Å². The number of hydrogen-bond acceptors (Lipinski definition) is 5. The molecule has 0 spiro atoms. The molecule has 0 radical (unpaired) electrons. The molecule has 3 heterocycles. The summed E-state index contributed by atoms with van der Waals surface area (Å²) in [6.45, 7) is 8.66. The topological polar surface area (TPSA) is 53.1 Å². The van der Waals surface area contributed by atoms with Crippen LogP contribution in [0.15, 0.2) is 30.6 Å². The Morgan fingerprint density at radius 3 is 2.82 bits per heavy atom. The second-order valence-corrected chi connectivity index (χ2v) is 7.59. The van der Waals surface area contributed by atoms with Crippen molar-refractivity contribution in [3.63, 3.8) is 0 Å². The molecule has 5 nitrogen and oxygen atoms in total. The van der Waals surface area contributed by atoms with Gasteiger partial charge < -0.3 is 10.6 Å². The van der Waals surface area contributed by atoms with Crippen LogP contribution in [0.3, 0.4) is 0 Å². The van der Waals surface area contributed by atoms with E-state index in [1.165, 1.54) is 35.3 Å². The van der Waals surface area contributed by atoms with Gasteiger partial charge in [-0.3, -0.25) is 4.90 Å². The molecular weight excluding hydrogens is 393 g/mol. The minimum Gasteiger partial charge on any atom is -0.369 e. The molecule has 1 aromatic carbocycles. The molecule has 0 amide bonds. The molecule has 1 unspecified atom stereocenters. The number of aromatic nitrogens is 2. The zero-order valence-corrected chi connectivity index (χ0v) is 18.1. The Morgan fingerprint density at radius 1 is 1.14 bits per heavy atom. The Bertz CT molecular complexity index is 755. The van der Waals surface area contributed by atoms with E-state index in [1.54, 1.807) is 6.33 Å². The number of nitrogens with zero attached hydrogens (tertiary/aromatic N) is 3. The molecule has 0 aliphatic carbocycles. The zero-order chi connectivity index (χ0) is 17.8. The molecular formula is C21H31Cl2N5. The highest BCUT2D eigenvalue weighted by Crippen LogP contribution is 2.22. The van der Waals surface area contributed by atoms with Crippen molar-refractivity contribution in [3.8, 4) is 0 Å². The van der Waals surface area contributed by atoms with E-state index in [2.05, 4.69) is 56.7 Å². The van der Waals surface area contributed by atoms with E-state index in [0.717, 1.165) is 51.4 Å². The van der Waals surface area contributed by atoms with E-state index in [0.29, 0.717) is 5.92 Å². The van der Waals surface area contributed by atoms with Crippen LogP contribution >= 0.6 is 24.8 Å². The second kappa shape index (κ2) is 11.0. The summed E-state index contributed by atoms with van der Waals surface area (Å²) in [7, 11) is 0. The van der Waals surface area contributed by atoms with Gasteiger partial charge in [0.15, 0.2) is 0 Å². The predicted molar refractivity (Wildman–Crippen MR) is 120 cm³/mol. The number of aryl methyl sites for hydroxylation is 1. The number of hydrogen-bond donors (Lipinski definition) is 2. The molecule has 1 atom stereocenters. The van der Waals surface area contributed by atoms with Gasteiger partial charge in [0.05, 0.1) is 5.69 Å². The minimum atomic E-state index is 0. The lowest BCUT2D eigenvalue weighted by Crippen LogP contribution is -2.23. The highest BCUT2D eigenvalue weighted by Gasteiger charge is 2.23. The first-order valence-electron chi connectivity index (χ1n) is 9.84. The third-order valence-corrected chi connectivity index (χ3v) is 5.71. The van der Waals surface area contributed by atoms with Crippen LogP contribution in [-0.2, 0) is 19.4 Å². The SMILES string of the molecule is Cc1ccccc1CN1CCC(CNc2ncnc3c2CCNCC3)C1.Cl.Cl. The van der Waals surface area contributed by atoms with E-state index < -0.39 is 0 Å². The average molecular weight is 424 g/mol. The maximum atomic E-state index is 4.53. The summed E-state index contributed by atoms with van der Waals surface area (Å²) in [5, 5.41) is 7.08. The largest absolute Gasteiger partial charge is 0.369 e. The Labute approximate surface area is 180 Å². The summed E-state index contributed by atoms with van der Waals surface area (Å²) < 4.78 is 0. The van der Waals surface area contributed by atoms with Crippen LogP contribution < -0.4 is 10.6 Å². The van der Waals surface area contributed by atoms with Gasteiger partial charge in [-0.25, -0.2) is 9.97 Å². The summed E-state index contributed by atoms with van der Waals surface area (Å²) in [5.41, 5.74) is 5.37. The van der Waals surface area contributed by atoms with Gasteiger partial charge in [-0.2, -0.15) is 0 Å². The van der Waals surface area contributed by atoms with E-state index in [-0.39, 0.29) is 24.8 Å². The van der Waals surface area contributed by atoms with Crippen molar-refractivity contribution in [2.45, 2.75) is 32.7 Å². The number of likely N-dealkylation sites (tertiary alicyclic amines) is 1. The number of halogens is 2. The quantitative estimate of drug-likeness (QED) is 0.772. The molecule has 1 aromatic heterocycles. The van der Waals surface area contributed by atoms with Crippen LogP contribution in [0.5, 0.6) is 0 Å². The molecule has 2 N–H and O–H groups in total. The second-order valence-electron chi connectivity index (χ2n) is 7.59. The van der Waals surface area contributed by atoms with Gasteiger partial charge in [0.25, 0.3) is 0 Å². The van der Waals surface area contributed by atoms with Crippen molar-refractivity contribution >= 4 is 30.6 Å². The van der Waals surface area contributed by atoms with Crippen LogP contribution in [-0.4, -0.2) is 47.6 Å². The molecule has 28 heavy (non-hydrogen) atoms. The highest BCUT2D eigenvalue weighted by molar-refractivity contribution is 5.85. The maximum Gasteiger partial charge on any atom is 0.132 e. The van der Waals surface area contributed by atoms with Gasteiger partial charge in [0, 0.05) is 38.2 Å². The first kappa shape index (κ1) is 22.9. The molecule has 2 aliphatic rings. The molecule has 0 bridgehead atoms. The van der Waals surface area contributed by atoms with E-state index in [9.17, 15) is 0 Å². The van der Waals surface area contributed by atoms with Crippen molar-refractivity contribution in [2.75, 3.05) is 38.0 Å². The monoisotopic (exact) mass is 423 g/mol. The number of anilines is 1. The van der Waals surface area contributed by atoms with Crippen molar-refractivity contribution in [3.05, 3.63) is 53.0 Å². The summed E-state index contributed by atoms with van der Waals surface area (Å²) in [6.07, 6.45) is 4.99.